The summed E-state index contributed by atoms with van der Waals surface area (Å²) in [6.45, 7) is 4.17. The van der Waals surface area contributed by atoms with Crippen molar-refractivity contribution >= 4 is 11.4 Å². The largest absolute Gasteiger partial charge is 0.206 e. The number of hydrogen-bond donors (Lipinski definition) is 0. The molecule has 0 saturated carbocycles. The summed E-state index contributed by atoms with van der Waals surface area (Å²) in [5, 5.41) is 17.8. The van der Waals surface area contributed by atoms with Gasteiger partial charge in [-0.25, -0.2) is 0 Å². The van der Waals surface area contributed by atoms with Crippen LogP contribution in [-0.4, -0.2) is 11.4 Å². The molecule has 4 nitrogen and oxygen atoms in total. The van der Waals surface area contributed by atoms with E-state index in [-0.39, 0.29) is 0 Å². The molecule has 1 aliphatic rings. The average molecular weight is 423 g/mol. The molecule has 0 amide bonds. The van der Waals surface area contributed by atoms with E-state index in [1.807, 2.05) is 31.5 Å². The Labute approximate surface area is 190 Å². The minimum Gasteiger partial charge on any atom is -0.173 e. The Hall–Kier alpha value is -2.20. The van der Waals surface area contributed by atoms with Gasteiger partial charge in [-0.2, -0.15) is 20.5 Å². The lowest BCUT2D eigenvalue weighted by Gasteiger charge is -2.14. The summed E-state index contributed by atoms with van der Waals surface area (Å²) in [7, 11) is 0. The molecule has 1 aliphatic carbocycles. The van der Waals surface area contributed by atoms with Crippen LogP contribution in [0.4, 0.5) is 0 Å². The van der Waals surface area contributed by atoms with E-state index >= 15 is 0 Å². The first kappa shape index (κ1) is 26.8. The Morgan fingerprint density at radius 3 is 1.48 bits per heavy atom. The van der Waals surface area contributed by atoms with Crippen molar-refractivity contribution in [1.29, 1.82) is 10.5 Å². The molecule has 1 rings (SSSR count). The highest BCUT2D eigenvalue weighted by Crippen LogP contribution is 2.20. The molecular weight excluding hydrogens is 380 g/mol. The van der Waals surface area contributed by atoms with Crippen LogP contribution in [0.2, 0.25) is 0 Å². The van der Waals surface area contributed by atoms with E-state index in [0.29, 0.717) is 5.71 Å². The van der Waals surface area contributed by atoms with Crippen molar-refractivity contribution in [1.82, 2.24) is 0 Å². The van der Waals surface area contributed by atoms with Gasteiger partial charge in [-0.05, 0) is 43.1 Å². The second-order valence-electron chi connectivity index (χ2n) is 8.74. The second-order valence-corrected chi connectivity index (χ2v) is 8.74. The normalized spacial score (nSPS) is 16.1. The number of aliphatic imine (C=N–C) groups is 2. The molecule has 0 unspecified atom stereocenters. The first-order chi connectivity index (χ1) is 15.2. The summed E-state index contributed by atoms with van der Waals surface area (Å²) in [6, 6.07) is 0. The molecule has 0 saturated heterocycles. The second kappa shape index (κ2) is 18.6. The first-order valence-corrected chi connectivity index (χ1v) is 12.6. The van der Waals surface area contributed by atoms with Crippen molar-refractivity contribution in [2.45, 2.75) is 123 Å². The van der Waals surface area contributed by atoms with E-state index in [4.69, 9.17) is 10.5 Å². The van der Waals surface area contributed by atoms with E-state index in [9.17, 15) is 0 Å². The minimum absolute atomic E-state index is 0.686. The maximum absolute atomic E-state index is 8.93. The van der Waals surface area contributed by atoms with Crippen LogP contribution in [0, 0.1) is 22.9 Å². The zero-order valence-electron chi connectivity index (χ0n) is 20.0. The van der Waals surface area contributed by atoms with Crippen molar-refractivity contribution in [2.24, 2.45) is 9.98 Å². The Balaban J connectivity index is 2.05. The summed E-state index contributed by atoms with van der Waals surface area (Å²) in [4.78, 5) is 7.82. The van der Waals surface area contributed by atoms with Crippen LogP contribution < -0.4 is 0 Å². The molecule has 0 bridgehead atoms. The van der Waals surface area contributed by atoms with Gasteiger partial charge in [0, 0.05) is 0 Å². The zero-order valence-corrected chi connectivity index (χ0v) is 20.0. The Morgan fingerprint density at radius 2 is 1.03 bits per heavy atom. The number of unbranched alkanes of at least 4 members (excludes halogenated alkanes) is 15. The number of nitrogens with zero attached hydrogens (tertiary/aromatic N) is 4. The SMILES string of the molecule is CCCCCCCCCCCCCCCCCCC1=CC(=NC#N)C(C)=CC1=NC#N. The monoisotopic (exact) mass is 422 g/mol. The molecule has 0 atom stereocenters. The summed E-state index contributed by atoms with van der Waals surface area (Å²) >= 11 is 0. The molecule has 0 aromatic heterocycles. The van der Waals surface area contributed by atoms with Crippen molar-refractivity contribution in [3.8, 4) is 12.4 Å². The van der Waals surface area contributed by atoms with E-state index < -0.39 is 0 Å². The fraction of sp³-hybridized carbons (Fsp3) is 0.704. The third-order valence-electron chi connectivity index (χ3n) is 6.04. The van der Waals surface area contributed by atoms with E-state index in [0.717, 1.165) is 29.7 Å². The summed E-state index contributed by atoms with van der Waals surface area (Å²) in [6.07, 6.45) is 30.1. The first-order valence-electron chi connectivity index (χ1n) is 12.6. The Kier molecular flexibility index (Phi) is 16.1. The molecule has 0 N–H and O–H groups in total. The maximum atomic E-state index is 8.93. The molecule has 0 radical (unpaired) electrons. The molecule has 4 heteroatoms. The fourth-order valence-electron chi connectivity index (χ4n) is 4.12. The summed E-state index contributed by atoms with van der Waals surface area (Å²) < 4.78 is 0. The number of nitriles is 2. The molecule has 0 aromatic rings. The Morgan fingerprint density at radius 1 is 0.613 bits per heavy atom. The van der Waals surface area contributed by atoms with Crippen LogP contribution in [0.3, 0.4) is 0 Å². The van der Waals surface area contributed by atoms with Crippen LogP contribution in [0.25, 0.3) is 0 Å². The van der Waals surface area contributed by atoms with Crippen LogP contribution in [0.15, 0.2) is 33.3 Å². The lowest BCUT2D eigenvalue weighted by molar-refractivity contribution is 0.530. The molecule has 0 aliphatic heterocycles. The smallest absolute Gasteiger partial charge is 0.173 e. The van der Waals surface area contributed by atoms with E-state index in [1.54, 1.807) is 0 Å². The molecule has 31 heavy (non-hydrogen) atoms. The van der Waals surface area contributed by atoms with Crippen LogP contribution in [0.1, 0.15) is 123 Å². The van der Waals surface area contributed by atoms with Gasteiger partial charge >= 0.3 is 0 Å². The highest BCUT2D eigenvalue weighted by Gasteiger charge is 2.14. The van der Waals surface area contributed by atoms with E-state index in [2.05, 4.69) is 16.9 Å². The standard InChI is InChI=1S/C27H42N4/c1-3-4-5-6-7-8-9-10-11-12-13-14-15-16-17-18-19-25-21-26(30-22-28)24(2)20-27(25)31-23-29/h20-21H,3-19H2,1-2H3. The van der Waals surface area contributed by atoms with Gasteiger partial charge in [0.2, 0.25) is 12.4 Å². The average Bonchev–Trinajstić information content (AvgIpc) is 2.76. The molecular formula is C27H42N4. The van der Waals surface area contributed by atoms with Crippen molar-refractivity contribution in [3.63, 3.8) is 0 Å². The zero-order chi connectivity index (χ0) is 22.6. The lowest BCUT2D eigenvalue weighted by Crippen LogP contribution is -2.12. The van der Waals surface area contributed by atoms with Crippen molar-refractivity contribution < 1.29 is 0 Å². The van der Waals surface area contributed by atoms with Gasteiger partial charge in [0.15, 0.2) is 0 Å². The third kappa shape index (κ3) is 13.0. The predicted octanol–water partition coefficient (Wildman–Crippen LogP) is 8.37. The number of hydrogen-bond acceptors (Lipinski definition) is 4. The van der Waals surface area contributed by atoms with E-state index in [1.165, 1.54) is 96.3 Å². The number of allylic oxidation sites excluding steroid dienone is 4. The molecule has 170 valence electrons. The van der Waals surface area contributed by atoms with Crippen molar-refractivity contribution in [2.75, 3.05) is 0 Å². The van der Waals surface area contributed by atoms with Gasteiger partial charge in [0.05, 0.1) is 11.4 Å². The predicted molar refractivity (Wildman–Crippen MR) is 132 cm³/mol. The van der Waals surface area contributed by atoms with Gasteiger partial charge in [-0.15, -0.1) is 0 Å². The summed E-state index contributed by atoms with van der Waals surface area (Å²) in [5.41, 5.74) is 3.31. The van der Waals surface area contributed by atoms with Crippen LogP contribution in [-0.2, 0) is 0 Å². The highest BCUT2D eigenvalue weighted by atomic mass is 14.8. The van der Waals surface area contributed by atoms with Crippen LogP contribution in [0.5, 0.6) is 0 Å². The lowest BCUT2D eigenvalue weighted by atomic mass is 9.92. The molecule has 0 fully saturated rings. The minimum atomic E-state index is 0.686. The quantitative estimate of drug-likeness (QED) is 0.134. The van der Waals surface area contributed by atoms with Gasteiger partial charge in [0.25, 0.3) is 0 Å². The van der Waals surface area contributed by atoms with Gasteiger partial charge < -0.3 is 0 Å². The molecule has 0 spiro atoms. The van der Waals surface area contributed by atoms with Gasteiger partial charge in [0.1, 0.15) is 0 Å². The molecule has 0 heterocycles. The topological polar surface area (TPSA) is 72.3 Å². The van der Waals surface area contributed by atoms with Crippen molar-refractivity contribution in [3.05, 3.63) is 23.3 Å². The van der Waals surface area contributed by atoms with Gasteiger partial charge in [-0.3, -0.25) is 0 Å². The highest BCUT2D eigenvalue weighted by molar-refractivity contribution is 6.23. The summed E-state index contributed by atoms with van der Waals surface area (Å²) in [5.74, 6) is 0. The molecule has 0 aromatic carbocycles. The van der Waals surface area contributed by atoms with Crippen LogP contribution >= 0.6 is 0 Å². The Bertz CT molecular complexity index is 698. The van der Waals surface area contributed by atoms with Gasteiger partial charge in [-0.1, -0.05) is 103 Å². The third-order valence-corrected chi connectivity index (χ3v) is 6.04. The fourth-order valence-corrected chi connectivity index (χ4v) is 4.12. The maximum Gasteiger partial charge on any atom is 0.206 e. The number of rotatable bonds is 17.